The van der Waals surface area contributed by atoms with Crippen LogP contribution in [0.25, 0.3) is 6.08 Å². The molecule has 0 aliphatic carbocycles. The summed E-state index contributed by atoms with van der Waals surface area (Å²) in [7, 11) is 0. The van der Waals surface area contributed by atoms with Gasteiger partial charge in [-0.25, -0.2) is 4.90 Å². The van der Waals surface area contributed by atoms with Gasteiger partial charge in [0.15, 0.2) is 5.78 Å². The molecule has 0 spiro atoms. The van der Waals surface area contributed by atoms with Crippen LogP contribution in [-0.2, 0) is 9.59 Å². The predicted octanol–water partition coefficient (Wildman–Crippen LogP) is 3.01. The first-order valence-corrected chi connectivity index (χ1v) is 7.09. The van der Waals surface area contributed by atoms with Crippen molar-refractivity contribution in [2.24, 2.45) is 0 Å². The van der Waals surface area contributed by atoms with E-state index in [4.69, 9.17) is 0 Å². The maximum atomic E-state index is 12.1. The Balaban J connectivity index is 1.75. The van der Waals surface area contributed by atoms with Gasteiger partial charge in [-0.1, -0.05) is 36.4 Å². The Kier molecular flexibility index (Phi) is 3.97. The van der Waals surface area contributed by atoms with Crippen molar-refractivity contribution in [2.45, 2.75) is 0 Å². The summed E-state index contributed by atoms with van der Waals surface area (Å²) < 4.78 is 0. The van der Waals surface area contributed by atoms with Gasteiger partial charge in [0.25, 0.3) is 11.8 Å². The van der Waals surface area contributed by atoms with Gasteiger partial charge in [0, 0.05) is 17.7 Å². The van der Waals surface area contributed by atoms with Crippen molar-refractivity contribution in [2.75, 3.05) is 4.90 Å². The number of amides is 2. The highest BCUT2D eigenvalue weighted by Crippen LogP contribution is 2.20. The van der Waals surface area contributed by atoms with Crippen LogP contribution < -0.4 is 4.90 Å². The molecule has 0 aromatic heterocycles. The van der Waals surface area contributed by atoms with E-state index in [-0.39, 0.29) is 17.6 Å². The van der Waals surface area contributed by atoms with Crippen LogP contribution in [0.15, 0.2) is 72.8 Å². The number of hydrogen-bond acceptors (Lipinski definition) is 3. The van der Waals surface area contributed by atoms with E-state index in [0.29, 0.717) is 11.3 Å². The number of ketones is 1. The summed E-state index contributed by atoms with van der Waals surface area (Å²) in [5.74, 6) is -0.895. The largest absolute Gasteiger partial charge is 0.289 e. The van der Waals surface area contributed by atoms with Crippen LogP contribution in [0.1, 0.15) is 15.9 Å². The standard InChI is InChI=1S/C19H13NO3/c21-17(11-6-14-4-2-1-3-5-14)15-7-9-16(10-8-15)20-18(22)12-13-19(20)23/h1-13H. The number of nitrogens with zero attached hydrogens (tertiary/aromatic N) is 1. The molecule has 0 radical (unpaired) electrons. The molecule has 4 heteroatoms. The number of allylic oxidation sites excluding steroid dienone is 1. The zero-order valence-corrected chi connectivity index (χ0v) is 12.2. The molecule has 1 heterocycles. The van der Waals surface area contributed by atoms with Gasteiger partial charge in [-0.15, -0.1) is 0 Å². The van der Waals surface area contributed by atoms with Gasteiger partial charge < -0.3 is 0 Å². The molecule has 0 bridgehead atoms. The molecule has 2 amide bonds. The van der Waals surface area contributed by atoms with Crippen LogP contribution in [0, 0.1) is 0 Å². The number of carbonyl (C=O) groups is 3. The van der Waals surface area contributed by atoms with E-state index in [0.717, 1.165) is 10.5 Å². The zero-order valence-electron chi connectivity index (χ0n) is 12.2. The Labute approximate surface area is 133 Å². The van der Waals surface area contributed by atoms with Crippen molar-refractivity contribution in [1.29, 1.82) is 0 Å². The van der Waals surface area contributed by atoms with Gasteiger partial charge in [-0.2, -0.15) is 0 Å². The molecule has 1 aliphatic rings. The third-order valence-electron chi connectivity index (χ3n) is 3.45. The first-order valence-electron chi connectivity index (χ1n) is 7.09. The highest BCUT2D eigenvalue weighted by atomic mass is 16.2. The molecule has 23 heavy (non-hydrogen) atoms. The van der Waals surface area contributed by atoms with Gasteiger partial charge in [0.2, 0.25) is 0 Å². The summed E-state index contributed by atoms with van der Waals surface area (Å²) in [6, 6.07) is 15.9. The van der Waals surface area contributed by atoms with E-state index >= 15 is 0 Å². The SMILES string of the molecule is O=C(C=Cc1ccccc1)c1ccc(N2C(=O)C=CC2=O)cc1. The second kappa shape index (κ2) is 6.23. The fraction of sp³-hybridized carbons (Fsp3) is 0. The molecule has 2 aromatic rings. The van der Waals surface area contributed by atoms with Crippen LogP contribution in [0.2, 0.25) is 0 Å². The smallest absolute Gasteiger partial charge is 0.258 e. The Morgan fingerprint density at radius 3 is 2.04 bits per heavy atom. The molecule has 0 saturated heterocycles. The Morgan fingerprint density at radius 2 is 1.43 bits per heavy atom. The maximum absolute atomic E-state index is 12.1. The average molecular weight is 303 g/mol. The number of imide groups is 1. The van der Waals surface area contributed by atoms with Crippen molar-refractivity contribution >= 4 is 29.4 Å². The monoisotopic (exact) mass is 303 g/mol. The molecule has 0 fully saturated rings. The van der Waals surface area contributed by atoms with Crippen LogP contribution >= 0.6 is 0 Å². The van der Waals surface area contributed by atoms with E-state index in [1.807, 2.05) is 30.3 Å². The zero-order chi connectivity index (χ0) is 16.2. The molecule has 0 saturated carbocycles. The highest BCUT2D eigenvalue weighted by Gasteiger charge is 2.24. The molecule has 4 nitrogen and oxygen atoms in total. The summed E-state index contributed by atoms with van der Waals surface area (Å²) in [6.07, 6.45) is 5.69. The topological polar surface area (TPSA) is 54.5 Å². The average Bonchev–Trinajstić information content (AvgIpc) is 2.92. The van der Waals surface area contributed by atoms with Gasteiger partial charge in [0.05, 0.1) is 5.69 Å². The van der Waals surface area contributed by atoms with Crippen molar-refractivity contribution in [1.82, 2.24) is 0 Å². The summed E-state index contributed by atoms with van der Waals surface area (Å²) in [5.41, 5.74) is 1.89. The fourth-order valence-electron chi connectivity index (χ4n) is 2.26. The summed E-state index contributed by atoms with van der Waals surface area (Å²) >= 11 is 0. The lowest BCUT2D eigenvalue weighted by Crippen LogP contribution is -2.29. The van der Waals surface area contributed by atoms with E-state index in [1.54, 1.807) is 30.3 Å². The Hall–Kier alpha value is -3.27. The van der Waals surface area contributed by atoms with Gasteiger partial charge in [-0.05, 0) is 35.9 Å². The summed E-state index contributed by atoms with van der Waals surface area (Å²) in [6.45, 7) is 0. The molecule has 0 N–H and O–H groups in total. The molecule has 0 unspecified atom stereocenters. The fourth-order valence-corrected chi connectivity index (χ4v) is 2.26. The number of rotatable bonds is 4. The second-order valence-corrected chi connectivity index (χ2v) is 5.00. The predicted molar refractivity (Wildman–Crippen MR) is 87.9 cm³/mol. The number of carbonyl (C=O) groups excluding carboxylic acids is 3. The van der Waals surface area contributed by atoms with Crippen LogP contribution in [0.4, 0.5) is 5.69 Å². The summed E-state index contributed by atoms with van der Waals surface area (Å²) in [5, 5.41) is 0. The van der Waals surface area contributed by atoms with Crippen molar-refractivity contribution < 1.29 is 14.4 Å². The van der Waals surface area contributed by atoms with E-state index in [9.17, 15) is 14.4 Å². The van der Waals surface area contributed by atoms with Crippen molar-refractivity contribution in [3.63, 3.8) is 0 Å². The minimum atomic E-state index is -0.377. The van der Waals surface area contributed by atoms with Crippen LogP contribution in [0.5, 0.6) is 0 Å². The normalized spacial score (nSPS) is 14.0. The molecular formula is C19H13NO3. The number of benzene rings is 2. The Bertz CT molecular complexity index is 799. The number of anilines is 1. The van der Waals surface area contributed by atoms with E-state index in [1.165, 1.54) is 18.2 Å². The molecule has 1 aliphatic heterocycles. The number of hydrogen-bond donors (Lipinski definition) is 0. The molecule has 112 valence electrons. The van der Waals surface area contributed by atoms with Crippen LogP contribution in [-0.4, -0.2) is 17.6 Å². The van der Waals surface area contributed by atoms with E-state index in [2.05, 4.69) is 0 Å². The Morgan fingerprint density at radius 1 is 0.826 bits per heavy atom. The summed E-state index contributed by atoms with van der Waals surface area (Å²) in [4.78, 5) is 36.4. The first-order chi connectivity index (χ1) is 11.1. The van der Waals surface area contributed by atoms with Gasteiger partial charge in [-0.3, -0.25) is 14.4 Å². The lowest BCUT2D eigenvalue weighted by molar-refractivity contribution is -0.119. The third-order valence-corrected chi connectivity index (χ3v) is 3.45. The highest BCUT2D eigenvalue weighted by molar-refractivity contribution is 6.28. The minimum absolute atomic E-state index is 0.141. The van der Waals surface area contributed by atoms with E-state index < -0.39 is 0 Å². The molecule has 2 aromatic carbocycles. The third kappa shape index (κ3) is 3.16. The molecule has 3 rings (SSSR count). The lowest BCUT2D eigenvalue weighted by Gasteiger charge is -2.13. The van der Waals surface area contributed by atoms with Gasteiger partial charge >= 0.3 is 0 Å². The lowest BCUT2D eigenvalue weighted by atomic mass is 10.1. The second-order valence-electron chi connectivity index (χ2n) is 5.00. The van der Waals surface area contributed by atoms with Crippen molar-refractivity contribution in [3.8, 4) is 0 Å². The first kappa shape index (κ1) is 14.7. The van der Waals surface area contributed by atoms with Gasteiger partial charge in [0.1, 0.15) is 0 Å². The van der Waals surface area contributed by atoms with Crippen LogP contribution in [0.3, 0.4) is 0 Å². The maximum Gasteiger partial charge on any atom is 0.258 e. The minimum Gasteiger partial charge on any atom is -0.289 e. The molecular weight excluding hydrogens is 290 g/mol. The molecule has 0 atom stereocenters. The quantitative estimate of drug-likeness (QED) is 0.495. The van der Waals surface area contributed by atoms with Crippen molar-refractivity contribution in [3.05, 3.63) is 84.0 Å².